The number of aromatic nitrogens is 1. The summed E-state index contributed by atoms with van der Waals surface area (Å²) in [6, 6.07) is 9.46. The van der Waals surface area contributed by atoms with Gasteiger partial charge in [-0.2, -0.15) is 0 Å². The van der Waals surface area contributed by atoms with Gasteiger partial charge in [0.25, 0.3) is 0 Å². The second-order valence-electron chi connectivity index (χ2n) is 5.37. The smallest absolute Gasteiger partial charge is 0.334 e. The van der Waals surface area contributed by atoms with Crippen molar-refractivity contribution in [3.63, 3.8) is 0 Å². The van der Waals surface area contributed by atoms with Gasteiger partial charge in [-0.25, -0.2) is 0 Å². The Morgan fingerprint density at radius 1 is 1.05 bits per heavy atom. The quantitative estimate of drug-likeness (QED) is 0.681. The molecule has 0 fully saturated rings. The van der Waals surface area contributed by atoms with Crippen LogP contribution in [-0.4, -0.2) is 26.8 Å². The Bertz CT molecular complexity index is 562. The molecular weight excluding hydrogens is 278 g/mol. The summed E-state index contributed by atoms with van der Waals surface area (Å²) in [6.07, 6.45) is 6.02. The molecule has 0 aliphatic heterocycles. The highest BCUT2D eigenvalue weighted by atomic mass is 28.4. The Hall–Kier alpha value is -1.23. The van der Waals surface area contributed by atoms with Crippen molar-refractivity contribution in [3.05, 3.63) is 42.2 Å². The molecule has 1 aromatic heterocycles. The van der Waals surface area contributed by atoms with Gasteiger partial charge >= 0.3 is 8.56 Å². The van der Waals surface area contributed by atoms with Crippen molar-refractivity contribution in [2.75, 3.05) is 13.2 Å². The average Bonchev–Trinajstić information content (AvgIpc) is 2.48. The van der Waals surface area contributed by atoms with Crippen LogP contribution >= 0.6 is 0 Å². The van der Waals surface area contributed by atoms with E-state index < -0.39 is 8.56 Å². The zero-order valence-corrected chi connectivity index (χ0v) is 14.3. The predicted molar refractivity (Wildman–Crippen MR) is 89.7 cm³/mol. The molecule has 4 heteroatoms. The summed E-state index contributed by atoms with van der Waals surface area (Å²) in [5, 5.41) is 2.52. The monoisotopic (exact) mass is 303 g/mol. The maximum Gasteiger partial charge on any atom is 0.334 e. The van der Waals surface area contributed by atoms with Crippen LogP contribution in [0.3, 0.4) is 0 Å². The molecule has 0 aliphatic carbocycles. The first-order valence-corrected chi connectivity index (χ1v) is 10.3. The highest BCUT2D eigenvalue weighted by Crippen LogP contribution is 2.22. The maximum absolute atomic E-state index is 5.90. The molecule has 0 spiro atoms. The van der Waals surface area contributed by atoms with Crippen LogP contribution in [0.2, 0.25) is 12.6 Å². The normalized spacial score (nSPS) is 12.0. The third kappa shape index (κ3) is 4.36. The molecule has 1 heterocycles. The number of pyridine rings is 1. The molecule has 0 saturated carbocycles. The fourth-order valence-electron chi connectivity index (χ4n) is 2.77. The van der Waals surface area contributed by atoms with Crippen molar-refractivity contribution < 1.29 is 8.85 Å². The van der Waals surface area contributed by atoms with Crippen LogP contribution in [0.1, 0.15) is 25.8 Å². The standard InChI is InChI=1S/C17H25NO2Si/c1-4-19-21(3,20-5-2)12-8-10-16-14-18-13-15-9-6-7-11-17(15)16/h6-7,9,11,13-14H,4-5,8,10,12H2,1-3H3. The van der Waals surface area contributed by atoms with Gasteiger partial charge in [0.15, 0.2) is 0 Å². The first-order valence-electron chi connectivity index (χ1n) is 7.78. The lowest BCUT2D eigenvalue weighted by Gasteiger charge is -2.25. The molecule has 0 bridgehead atoms. The molecule has 114 valence electrons. The number of aryl methyl sites for hydroxylation is 1. The summed E-state index contributed by atoms with van der Waals surface area (Å²) in [7, 11) is -1.99. The van der Waals surface area contributed by atoms with Crippen molar-refractivity contribution in [3.8, 4) is 0 Å². The summed E-state index contributed by atoms with van der Waals surface area (Å²) >= 11 is 0. The topological polar surface area (TPSA) is 31.4 Å². The Morgan fingerprint density at radius 3 is 2.48 bits per heavy atom. The Labute approximate surface area is 128 Å². The molecule has 0 radical (unpaired) electrons. The predicted octanol–water partition coefficient (Wildman–Crippen LogP) is 4.31. The molecule has 2 aromatic rings. The second-order valence-corrected chi connectivity index (χ2v) is 8.72. The van der Waals surface area contributed by atoms with Crippen LogP contribution in [0.5, 0.6) is 0 Å². The second kappa shape index (κ2) is 7.68. The Kier molecular flexibility index (Phi) is 5.91. The summed E-state index contributed by atoms with van der Waals surface area (Å²) in [4.78, 5) is 4.35. The molecule has 0 saturated heterocycles. The van der Waals surface area contributed by atoms with E-state index in [1.165, 1.54) is 16.3 Å². The van der Waals surface area contributed by atoms with Gasteiger partial charge in [-0.05, 0) is 50.2 Å². The zero-order chi connectivity index (χ0) is 15.1. The van der Waals surface area contributed by atoms with Crippen molar-refractivity contribution in [1.82, 2.24) is 4.98 Å². The summed E-state index contributed by atoms with van der Waals surface area (Å²) in [5.41, 5.74) is 1.32. The number of nitrogens with zero attached hydrogens (tertiary/aromatic N) is 1. The van der Waals surface area contributed by atoms with E-state index in [1.807, 2.05) is 26.2 Å². The molecule has 21 heavy (non-hydrogen) atoms. The zero-order valence-electron chi connectivity index (χ0n) is 13.3. The Balaban J connectivity index is 2.01. The van der Waals surface area contributed by atoms with E-state index in [0.717, 1.165) is 32.1 Å². The highest BCUT2D eigenvalue weighted by Gasteiger charge is 2.29. The van der Waals surface area contributed by atoms with Gasteiger partial charge < -0.3 is 8.85 Å². The van der Waals surface area contributed by atoms with Gasteiger partial charge in [-0.1, -0.05) is 24.3 Å². The van der Waals surface area contributed by atoms with E-state index >= 15 is 0 Å². The molecule has 2 rings (SSSR count). The minimum absolute atomic E-state index is 0.735. The molecule has 0 unspecified atom stereocenters. The molecular formula is C17H25NO2Si. The van der Waals surface area contributed by atoms with Crippen LogP contribution in [-0.2, 0) is 15.3 Å². The van der Waals surface area contributed by atoms with E-state index in [9.17, 15) is 0 Å². The lowest BCUT2D eigenvalue weighted by Crippen LogP contribution is -2.38. The van der Waals surface area contributed by atoms with Gasteiger partial charge in [0.05, 0.1) is 0 Å². The molecule has 0 atom stereocenters. The molecule has 1 aromatic carbocycles. The highest BCUT2D eigenvalue weighted by molar-refractivity contribution is 6.66. The lowest BCUT2D eigenvalue weighted by molar-refractivity contribution is 0.188. The van der Waals surface area contributed by atoms with Crippen LogP contribution in [0, 0.1) is 0 Å². The van der Waals surface area contributed by atoms with Crippen molar-refractivity contribution in [1.29, 1.82) is 0 Å². The fourth-order valence-corrected chi connectivity index (χ4v) is 5.19. The summed E-state index contributed by atoms with van der Waals surface area (Å²) in [5.74, 6) is 0. The first kappa shape index (κ1) is 16.1. The fraction of sp³-hybridized carbons (Fsp3) is 0.471. The SMILES string of the molecule is CCO[Si](C)(CCCc1cncc2ccccc12)OCC. The number of fused-ring (bicyclic) bond motifs is 1. The van der Waals surface area contributed by atoms with Crippen molar-refractivity contribution in [2.45, 2.75) is 39.3 Å². The Morgan fingerprint density at radius 2 is 1.76 bits per heavy atom. The van der Waals surface area contributed by atoms with E-state index in [2.05, 4.69) is 35.8 Å². The van der Waals surface area contributed by atoms with Gasteiger partial charge in [-0.15, -0.1) is 0 Å². The van der Waals surface area contributed by atoms with Crippen LogP contribution in [0.15, 0.2) is 36.7 Å². The number of hydrogen-bond acceptors (Lipinski definition) is 3. The number of rotatable bonds is 8. The van der Waals surface area contributed by atoms with E-state index in [4.69, 9.17) is 8.85 Å². The molecule has 0 amide bonds. The van der Waals surface area contributed by atoms with Gasteiger partial charge in [-0.3, -0.25) is 4.98 Å². The van der Waals surface area contributed by atoms with Gasteiger partial charge in [0.2, 0.25) is 0 Å². The van der Waals surface area contributed by atoms with Crippen LogP contribution < -0.4 is 0 Å². The van der Waals surface area contributed by atoms with Gasteiger partial charge in [0, 0.05) is 31.0 Å². The van der Waals surface area contributed by atoms with Crippen molar-refractivity contribution in [2.24, 2.45) is 0 Å². The minimum atomic E-state index is -1.99. The van der Waals surface area contributed by atoms with Crippen LogP contribution in [0.4, 0.5) is 0 Å². The van der Waals surface area contributed by atoms with Crippen LogP contribution in [0.25, 0.3) is 10.8 Å². The maximum atomic E-state index is 5.90. The number of hydrogen-bond donors (Lipinski definition) is 0. The van der Waals surface area contributed by atoms with E-state index in [-0.39, 0.29) is 0 Å². The van der Waals surface area contributed by atoms with Crippen molar-refractivity contribution >= 4 is 19.3 Å². The minimum Gasteiger partial charge on any atom is -0.395 e. The molecule has 0 aliphatic rings. The lowest BCUT2D eigenvalue weighted by atomic mass is 10.0. The van der Waals surface area contributed by atoms with E-state index in [0.29, 0.717) is 0 Å². The third-order valence-corrected chi connectivity index (χ3v) is 6.79. The van der Waals surface area contributed by atoms with Gasteiger partial charge in [0.1, 0.15) is 0 Å². The third-order valence-electron chi connectivity index (χ3n) is 3.73. The molecule has 0 N–H and O–H groups in total. The largest absolute Gasteiger partial charge is 0.395 e. The summed E-state index contributed by atoms with van der Waals surface area (Å²) < 4.78 is 11.8. The summed E-state index contributed by atoms with van der Waals surface area (Å²) in [6.45, 7) is 7.72. The molecule has 3 nitrogen and oxygen atoms in total. The van der Waals surface area contributed by atoms with E-state index in [1.54, 1.807) is 0 Å². The number of benzene rings is 1. The average molecular weight is 303 g/mol. The first-order chi connectivity index (χ1) is 10.2.